The molecule has 0 radical (unpaired) electrons. The lowest BCUT2D eigenvalue weighted by Gasteiger charge is -2.23. The summed E-state index contributed by atoms with van der Waals surface area (Å²) >= 11 is 0. The third-order valence-electron chi connectivity index (χ3n) is 3.01. The second-order valence-electron chi connectivity index (χ2n) is 4.41. The monoisotopic (exact) mass is 318 g/mol. The average Bonchev–Trinajstić information content (AvgIpc) is 2.45. The number of rotatable bonds is 7. The third kappa shape index (κ3) is 3.67. The molecule has 0 aliphatic rings. The SMILES string of the molecule is COCC(C)N(C)S(=O)(=O)c1ccc(NN)cc1[N+](=O)[O-]. The molecule has 0 aliphatic heterocycles. The molecule has 0 aliphatic carbocycles. The number of anilines is 1. The number of nitro benzene ring substituents is 1. The van der Waals surface area contributed by atoms with Gasteiger partial charge >= 0.3 is 0 Å². The highest BCUT2D eigenvalue weighted by Crippen LogP contribution is 2.29. The number of hydrazine groups is 1. The highest BCUT2D eigenvalue weighted by Gasteiger charge is 2.32. The van der Waals surface area contributed by atoms with E-state index in [1.165, 1.54) is 20.2 Å². The van der Waals surface area contributed by atoms with Gasteiger partial charge in [0.25, 0.3) is 5.69 Å². The van der Waals surface area contributed by atoms with Gasteiger partial charge in [0.2, 0.25) is 10.0 Å². The Hall–Kier alpha value is -1.75. The van der Waals surface area contributed by atoms with Crippen LogP contribution in [0.25, 0.3) is 0 Å². The zero-order valence-corrected chi connectivity index (χ0v) is 12.8. The van der Waals surface area contributed by atoms with Gasteiger partial charge in [0.1, 0.15) is 0 Å². The summed E-state index contributed by atoms with van der Waals surface area (Å²) in [4.78, 5) is 9.93. The molecule has 1 aromatic carbocycles. The molecule has 0 bridgehead atoms. The molecule has 0 fully saturated rings. The summed E-state index contributed by atoms with van der Waals surface area (Å²) in [6.45, 7) is 1.81. The number of hydrogen-bond donors (Lipinski definition) is 2. The smallest absolute Gasteiger partial charge is 0.291 e. The van der Waals surface area contributed by atoms with Crippen molar-refractivity contribution in [1.29, 1.82) is 0 Å². The number of likely N-dealkylation sites (N-methyl/N-ethyl adjacent to an activating group) is 1. The van der Waals surface area contributed by atoms with Crippen LogP contribution in [-0.2, 0) is 14.8 Å². The lowest BCUT2D eigenvalue weighted by atomic mass is 10.3. The second-order valence-corrected chi connectivity index (χ2v) is 6.38. The summed E-state index contributed by atoms with van der Waals surface area (Å²) in [6.07, 6.45) is 0. The van der Waals surface area contributed by atoms with E-state index in [1.54, 1.807) is 6.92 Å². The van der Waals surface area contributed by atoms with E-state index >= 15 is 0 Å². The first-order valence-corrected chi connectivity index (χ1v) is 7.41. The van der Waals surface area contributed by atoms with Crippen LogP contribution in [0.2, 0.25) is 0 Å². The van der Waals surface area contributed by atoms with E-state index in [1.807, 2.05) is 0 Å². The second kappa shape index (κ2) is 6.80. The fraction of sp³-hybridized carbons (Fsp3) is 0.455. The number of nitrogens with zero attached hydrogens (tertiary/aromatic N) is 2. The zero-order chi connectivity index (χ0) is 16.2. The first-order chi connectivity index (χ1) is 9.75. The molecular formula is C11H18N4O5S. The number of nitrogens with one attached hydrogen (secondary N) is 1. The number of nitro groups is 1. The van der Waals surface area contributed by atoms with Crippen LogP contribution in [-0.4, -0.2) is 44.5 Å². The van der Waals surface area contributed by atoms with E-state index in [4.69, 9.17) is 10.6 Å². The molecule has 0 amide bonds. The largest absolute Gasteiger partial charge is 0.383 e. The van der Waals surface area contributed by atoms with Gasteiger partial charge in [-0.25, -0.2) is 8.42 Å². The van der Waals surface area contributed by atoms with Crippen LogP contribution < -0.4 is 11.3 Å². The minimum absolute atomic E-state index is 0.173. The molecule has 9 nitrogen and oxygen atoms in total. The van der Waals surface area contributed by atoms with Crippen molar-refractivity contribution < 1.29 is 18.1 Å². The first kappa shape index (κ1) is 17.3. The molecular weight excluding hydrogens is 300 g/mol. The van der Waals surface area contributed by atoms with Crippen molar-refractivity contribution in [2.45, 2.75) is 17.9 Å². The molecule has 0 saturated carbocycles. The Morgan fingerprint density at radius 3 is 2.62 bits per heavy atom. The van der Waals surface area contributed by atoms with E-state index in [-0.39, 0.29) is 12.3 Å². The minimum Gasteiger partial charge on any atom is -0.383 e. The molecule has 21 heavy (non-hydrogen) atoms. The normalized spacial score (nSPS) is 13.2. The molecule has 1 unspecified atom stereocenters. The molecule has 1 atom stereocenters. The quantitative estimate of drug-likeness (QED) is 0.426. The molecule has 1 aromatic rings. The van der Waals surface area contributed by atoms with Crippen LogP contribution >= 0.6 is 0 Å². The Kier molecular flexibility index (Phi) is 5.61. The lowest BCUT2D eigenvalue weighted by Crippen LogP contribution is -2.38. The molecule has 0 aromatic heterocycles. The van der Waals surface area contributed by atoms with Crippen molar-refractivity contribution in [2.24, 2.45) is 5.84 Å². The van der Waals surface area contributed by atoms with Gasteiger partial charge in [-0.05, 0) is 19.1 Å². The molecule has 1 rings (SSSR count). The zero-order valence-electron chi connectivity index (χ0n) is 11.9. The number of nitrogens with two attached hydrogens (primary N) is 1. The summed E-state index contributed by atoms with van der Waals surface area (Å²) in [7, 11) is -1.23. The standard InChI is InChI=1S/C11H18N4O5S/c1-8(7-20-3)14(2)21(18,19)11-5-4-9(13-12)6-10(11)15(16)17/h4-6,8,13H,7,12H2,1-3H3. The Morgan fingerprint density at radius 2 is 2.14 bits per heavy atom. The topological polar surface area (TPSA) is 128 Å². The van der Waals surface area contributed by atoms with E-state index in [9.17, 15) is 18.5 Å². The fourth-order valence-electron chi connectivity index (χ4n) is 1.71. The number of sulfonamides is 1. The Bertz CT molecular complexity index is 619. The molecule has 118 valence electrons. The molecule has 0 spiro atoms. The van der Waals surface area contributed by atoms with Crippen molar-refractivity contribution in [3.63, 3.8) is 0 Å². The maximum atomic E-state index is 12.5. The molecule has 3 N–H and O–H groups in total. The van der Waals surface area contributed by atoms with Crippen molar-refractivity contribution in [1.82, 2.24) is 4.31 Å². The number of nitrogen functional groups attached to an aromatic ring is 1. The summed E-state index contributed by atoms with van der Waals surface area (Å²) < 4.78 is 30.9. The van der Waals surface area contributed by atoms with E-state index < -0.39 is 31.6 Å². The van der Waals surface area contributed by atoms with Gasteiger partial charge in [-0.3, -0.25) is 16.0 Å². The third-order valence-corrected chi connectivity index (χ3v) is 5.03. The van der Waals surface area contributed by atoms with Crippen LogP contribution in [0.5, 0.6) is 0 Å². The van der Waals surface area contributed by atoms with Gasteiger partial charge in [-0.15, -0.1) is 0 Å². The fourth-order valence-corrected chi connectivity index (χ4v) is 3.19. The Labute approximate surface area is 122 Å². The van der Waals surface area contributed by atoms with Gasteiger partial charge in [0, 0.05) is 26.3 Å². The predicted molar refractivity (Wildman–Crippen MR) is 77.2 cm³/mol. The van der Waals surface area contributed by atoms with E-state index in [2.05, 4.69) is 5.43 Å². The molecule has 10 heteroatoms. The number of methoxy groups -OCH3 is 1. The number of hydrogen-bond acceptors (Lipinski definition) is 7. The van der Waals surface area contributed by atoms with Gasteiger partial charge in [0.15, 0.2) is 4.90 Å². The lowest BCUT2D eigenvalue weighted by molar-refractivity contribution is -0.387. The van der Waals surface area contributed by atoms with Gasteiger partial charge < -0.3 is 10.2 Å². The van der Waals surface area contributed by atoms with Crippen LogP contribution in [0, 0.1) is 10.1 Å². The molecule has 0 heterocycles. The summed E-state index contributed by atoms with van der Waals surface area (Å²) in [5.41, 5.74) is 1.94. The first-order valence-electron chi connectivity index (χ1n) is 5.97. The summed E-state index contributed by atoms with van der Waals surface area (Å²) in [6, 6.07) is 3.11. The van der Waals surface area contributed by atoms with Crippen molar-refractivity contribution >= 4 is 21.4 Å². The summed E-state index contributed by atoms with van der Waals surface area (Å²) in [5, 5.41) is 11.1. The van der Waals surface area contributed by atoms with Gasteiger partial charge in [-0.1, -0.05) is 0 Å². The van der Waals surface area contributed by atoms with Crippen molar-refractivity contribution in [3.8, 4) is 0 Å². The van der Waals surface area contributed by atoms with Gasteiger partial charge in [-0.2, -0.15) is 4.31 Å². The van der Waals surface area contributed by atoms with Crippen LogP contribution in [0.15, 0.2) is 23.1 Å². The number of ether oxygens (including phenoxy) is 1. The van der Waals surface area contributed by atoms with Crippen LogP contribution in [0.3, 0.4) is 0 Å². The maximum absolute atomic E-state index is 12.5. The highest BCUT2D eigenvalue weighted by molar-refractivity contribution is 7.89. The van der Waals surface area contributed by atoms with Crippen LogP contribution in [0.4, 0.5) is 11.4 Å². The highest BCUT2D eigenvalue weighted by atomic mass is 32.2. The Balaban J connectivity index is 3.34. The van der Waals surface area contributed by atoms with Crippen molar-refractivity contribution in [2.75, 3.05) is 26.2 Å². The summed E-state index contributed by atoms with van der Waals surface area (Å²) in [5.74, 6) is 5.18. The predicted octanol–water partition coefficient (Wildman–Crippen LogP) is 0.536. The van der Waals surface area contributed by atoms with Crippen molar-refractivity contribution in [3.05, 3.63) is 28.3 Å². The minimum atomic E-state index is -4.02. The van der Waals surface area contributed by atoms with Crippen LogP contribution in [0.1, 0.15) is 6.92 Å². The van der Waals surface area contributed by atoms with E-state index in [0.29, 0.717) is 0 Å². The molecule has 0 saturated heterocycles. The van der Waals surface area contributed by atoms with Gasteiger partial charge in [0.05, 0.1) is 17.2 Å². The Morgan fingerprint density at radius 1 is 1.52 bits per heavy atom. The maximum Gasteiger partial charge on any atom is 0.291 e. The number of benzene rings is 1. The average molecular weight is 318 g/mol. The van der Waals surface area contributed by atoms with E-state index in [0.717, 1.165) is 16.4 Å².